The van der Waals surface area contributed by atoms with Gasteiger partial charge in [-0.25, -0.2) is 45.7 Å². The molecule has 0 N–H and O–H groups in total. The Bertz CT molecular complexity index is 2760. The first kappa shape index (κ1) is 46.4. The maximum atomic E-state index is 17.6. The molecule has 2 saturated heterocycles. The van der Waals surface area contributed by atoms with E-state index in [0.29, 0.717) is 29.0 Å². The second-order valence-corrected chi connectivity index (χ2v) is 19.4. The van der Waals surface area contributed by atoms with Crippen molar-refractivity contribution in [1.82, 2.24) is 19.9 Å². The first-order chi connectivity index (χ1) is 31.0. The van der Waals surface area contributed by atoms with Gasteiger partial charge in [-0.3, -0.25) is 4.90 Å². The number of alkyl halides is 5. The molecule has 352 valence electrons. The largest absolute Gasteiger partial charge is 0.497 e. The van der Waals surface area contributed by atoms with Gasteiger partial charge in [0.1, 0.15) is 45.3 Å². The van der Waals surface area contributed by atoms with Crippen LogP contribution in [0.25, 0.3) is 22.2 Å². The highest BCUT2D eigenvalue weighted by atomic mass is 32.2. The topological polar surface area (TPSA) is 137 Å². The van der Waals surface area contributed by atoms with E-state index in [9.17, 15) is 13.2 Å². The summed E-state index contributed by atoms with van der Waals surface area (Å²) < 4.78 is 160. The number of nitrogens with zero attached hydrogens (tertiary/aromatic N) is 6. The molecule has 4 atom stereocenters. The smallest absolute Gasteiger partial charge is 0.417 e. The third-order valence-electron chi connectivity index (χ3n) is 11.9. The standard InChI is InChI=1S/C45H45F7N6O7S/c1-22-32(45(50,51)52)28(18-30(33(22)46)56(19-23-8-13-26(62-5)14-9-23)20-24-10-15-27(63-6)16-11-24)35-34(47)36-31-40(55-42(54-36)66(7,60)61)57-21-25-12-17-29(58(25)43(59)65-44(2,3)4)37(57)38(39(48)49)64-41(31)53-35/h8-11,13-16,18,25,29,37-39H,12,17,19-21H2,1-7H3/t25-,29+,37+,38-/m1/s1. The molecule has 0 saturated carbocycles. The Labute approximate surface area is 375 Å². The quantitative estimate of drug-likeness (QED) is 0.0977. The van der Waals surface area contributed by atoms with E-state index in [-0.39, 0.29) is 31.9 Å². The molecule has 5 aromatic rings. The number of ether oxygens (including phenoxy) is 4. The summed E-state index contributed by atoms with van der Waals surface area (Å²) in [7, 11) is -1.51. The van der Waals surface area contributed by atoms with Gasteiger partial charge in [-0.05, 0) is 87.6 Å². The van der Waals surface area contributed by atoms with E-state index in [2.05, 4.69) is 15.0 Å². The second kappa shape index (κ2) is 16.9. The number of benzene rings is 3. The number of anilines is 2. The first-order valence-electron chi connectivity index (χ1n) is 20.7. The number of fused-ring (bicyclic) bond motifs is 5. The van der Waals surface area contributed by atoms with Gasteiger partial charge >= 0.3 is 12.3 Å². The molecule has 2 aromatic heterocycles. The molecule has 0 aliphatic carbocycles. The number of aromatic nitrogens is 3. The summed E-state index contributed by atoms with van der Waals surface area (Å²) in [4.78, 5) is 30.1. The zero-order chi connectivity index (χ0) is 47.8. The van der Waals surface area contributed by atoms with Gasteiger partial charge in [0.25, 0.3) is 6.43 Å². The molecular weight excluding hydrogens is 902 g/mol. The highest BCUT2D eigenvalue weighted by molar-refractivity contribution is 7.90. The molecule has 8 rings (SSSR count). The van der Waals surface area contributed by atoms with Crippen molar-refractivity contribution in [3.8, 4) is 28.6 Å². The van der Waals surface area contributed by atoms with Gasteiger partial charge in [-0.15, -0.1) is 0 Å². The minimum Gasteiger partial charge on any atom is -0.497 e. The molecule has 3 aromatic carbocycles. The van der Waals surface area contributed by atoms with Crippen molar-refractivity contribution in [1.29, 1.82) is 0 Å². The third kappa shape index (κ3) is 8.56. The normalized spacial score (nSPS) is 19.4. The molecule has 0 unspecified atom stereocenters. The summed E-state index contributed by atoms with van der Waals surface area (Å²) in [5, 5.41) is -1.46. The lowest BCUT2D eigenvalue weighted by atomic mass is 9.95. The van der Waals surface area contributed by atoms with Crippen LogP contribution < -0.4 is 24.0 Å². The molecule has 21 heteroatoms. The van der Waals surface area contributed by atoms with Crippen LogP contribution in [-0.2, 0) is 33.8 Å². The molecule has 2 fully saturated rings. The van der Waals surface area contributed by atoms with Gasteiger partial charge in [-0.1, -0.05) is 24.3 Å². The highest BCUT2D eigenvalue weighted by Gasteiger charge is 2.57. The number of amides is 1. The Morgan fingerprint density at radius 2 is 1.50 bits per heavy atom. The number of sulfone groups is 1. The molecule has 66 heavy (non-hydrogen) atoms. The summed E-state index contributed by atoms with van der Waals surface area (Å²) in [6, 6.07) is 10.9. The number of methoxy groups -OCH3 is 2. The van der Waals surface area contributed by atoms with Gasteiger partial charge in [0.05, 0.1) is 43.6 Å². The van der Waals surface area contributed by atoms with Gasteiger partial charge in [-0.2, -0.15) is 13.2 Å². The number of rotatable bonds is 10. The van der Waals surface area contributed by atoms with E-state index in [0.717, 1.165) is 19.2 Å². The Morgan fingerprint density at radius 3 is 2.02 bits per heavy atom. The maximum absolute atomic E-state index is 17.6. The van der Waals surface area contributed by atoms with Gasteiger partial charge < -0.3 is 28.7 Å². The molecule has 5 heterocycles. The fourth-order valence-electron chi connectivity index (χ4n) is 9.03. The van der Waals surface area contributed by atoms with Crippen molar-refractivity contribution in [2.75, 3.05) is 36.8 Å². The number of pyridine rings is 1. The van der Waals surface area contributed by atoms with E-state index in [1.165, 1.54) is 28.9 Å². The number of piperazine rings is 1. The molecule has 0 radical (unpaired) electrons. The van der Waals surface area contributed by atoms with Gasteiger partial charge in [0, 0.05) is 31.5 Å². The fraction of sp³-hybridized carbons (Fsp3) is 0.422. The first-order valence-corrected chi connectivity index (χ1v) is 22.6. The zero-order valence-corrected chi connectivity index (χ0v) is 37.5. The van der Waals surface area contributed by atoms with Crippen LogP contribution in [0.3, 0.4) is 0 Å². The monoisotopic (exact) mass is 946 g/mol. The Balaban J connectivity index is 1.36. The van der Waals surface area contributed by atoms with E-state index in [1.807, 2.05) is 0 Å². The SMILES string of the molecule is COc1ccc(CN(Cc2ccc(OC)cc2)c2cc(-c3nc4c5c(nc(S(C)(=O)=O)nc5c3F)N3C[C@H]5CC[C@@H]([C@H]3[C@H](C(F)F)O4)N5C(=O)OC(C)(C)C)c(C(F)(F)F)c(C)c2F)cc1. The number of hydrogen-bond acceptors (Lipinski definition) is 12. The van der Waals surface area contributed by atoms with Gasteiger partial charge in [0.15, 0.2) is 11.9 Å². The van der Waals surface area contributed by atoms with Crippen LogP contribution in [0, 0.1) is 18.6 Å². The minimum atomic E-state index is -5.36. The molecule has 1 amide bonds. The summed E-state index contributed by atoms with van der Waals surface area (Å²) in [6.45, 7) is 5.36. The fourth-order valence-corrected chi connectivity index (χ4v) is 9.54. The highest BCUT2D eigenvalue weighted by Crippen LogP contribution is 2.50. The number of carbonyl (C=O) groups is 1. The predicted molar refractivity (Wildman–Crippen MR) is 228 cm³/mol. The minimum absolute atomic E-state index is 0.0940. The Kier molecular flexibility index (Phi) is 11.9. The maximum Gasteiger partial charge on any atom is 0.417 e. The average molecular weight is 947 g/mol. The van der Waals surface area contributed by atoms with E-state index >= 15 is 30.7 Å². The van der Waals surface area contributed by atoms with Crippen molar-refractivity contribution < 1.29 is 62.9 Å². The Hall–Kier alpha value is -6.12. The van der Waals surface area contributed by atoms with Crippen LogP contribution in [0.5, 0.6) is 17.4 Å². The molecule has 13 nitrogen and oxygen atoms in total. The van der Waals surface area contributed by atoms with Crippen LogP contribution >= 0.6 is 0 Å². The summed E-state index contributed by atoms with van der Waals surface area (Å²) in [6.07, 6.45) is -10.5. The lowest BCUT2D eigenvalue weighted by Crippen LogP contribution is -2.67. The Morgan fingerprint density at radius 1 is 0.909 bits per heavy atom. The van der Waals surface area contributed by atoms with Crippen molar-refractivity contribution in [3.05, 3.63) is 88.5 Å². The second-order valence-electron chi connectivity index (χ2n) is 17.5. The lowest BCUT2D eigenvalue weighted by Gasteiger charge is -2.48. The summed E-state index contributed by atoms with van der Waals surface area (Å²) >= 11 is 0. The van der Waals surface area contributed by atoms with E-state index < -0.39 is 120 Å². The van der Waals surface area contributed by atoms with Crippen molar-refractivity contribution in [3.63, 3.8) is 0 Å². The lowest BCUT2D eigenvalue weighted by molar-refractivity contribution is -0.137. The number of carbonyl (C=O) groups excluding carboxylic acids is 1. The molecule has 3 aliphatic rings. The molecular formula is C45H45F7N6O7S. The zero-order valence-electron chi connectivity index (χ0n) is 36.7. The summed E-state index contributed by atoms with van der Waals surface area (Å²) in [5.41, 5.74) is -5.88. The van der Waals surface area contributed by atoms with E-state index in [1.54, 1.807) is 69.3 Å². The van der Waals surface area contributed by atoms with Crippen LogP contribution in [0.15, 0.2) is 59.8 Å². The van der Waals surface area contributed by atoms with E-state index in [4.69, 9.17) is 18.9 Å². The van der Waals surface area contributed by atoms with Crippen molar-refractivity contribution >= 4 is 38.3 Å². The number of hydrogen-bond donors (Lipinski definition) is 0. The summed E-state index contributed by atoms with van der Waals surface area (Å²) in [5.74, 6) is -3.11. The number of halogens is 7. The van der Waals surface area contributed by atoms with Crippen LogP contribution in [0.2, 0.25) is 0 Å². The molecule has 0 spiro atoms. The van der Waals surface area contributed by atoms with Crippen molar-refractivity contribution in [2.45, 2.75) is 101 Å². The van der Waals surface area contributed by atoms with Crippen LogP contribution in [0.1, 0.15) is 55.9 Å². The van der Waals surface area contributed by atoms with Crippen LogP contribution in [0.4, 0.5) is 47.0 Å². The third-order valence-corrected chi connectivity index (χ3v) is 12.7. The predicted octanol–water partition coefficient (Wildman–Crippen LogP) is 8.91. The average Bonchev–Trinajstić information content (AvgIpc) is 3.49. The van der Waals surface area contributed by atoms with Gasteiger partial charge in [0.2, 0.25) is 20.9 Å². The van der Waals surface area contributed by atoms with Crippen LogP contribution in [-0.4, -0.2) is 97.6 Å². The molecule has 3 aliphatic heterocycles. The molecule has 2 bridgehead atoms. The van der Waals surface area contributed by atoms with Crippen molar-refractivity contribution in [2.24, 2.45) is 0 Å².